The van der Waals surface area contributed by atoms with E-state index >= 15 is 0 Å². The molecule has 0 aliphatic carbocycles. The third kappa shape index (κ3) is 7.72. The molecule has 1 aromatic carbocycles. The van der Waals surface area contributed by atoms with Crippen LogP contribution in [0, 0.1) is 11.8 Å². The van der Waals surface area contributed by atoms with Gasteiger partial charge >= 0.3 is 5.97 Å². The number of rotatable bonds is 8. The molecule has 4 heteroatoms. The Bertz CT molecular complexity index is 555. The molecule has 1 unspecified atom stereocenters. The molecule has 0 aliphatic heterocycles. The second kappa shape index (κ2) is 9.59. The Morgan fingerprint density at radius 1 is 1.12 bits per heavy atom. The smallest absolute Gasteiger partial charge is 0.325 e. The Labute approximate surface area is 152 Å². The number of benzene rings is 1. The highest BCUT2D eigenvalue weighted by Gasteiger charge is 2.15. The Morgan fingerprint density at radius 2 is 1.72 bits per heavy atom. The summed E-state index contributed by atoms with van der Waals surface area (Å²) in [4.78, 5) is 24.0. The molecule has 0 bridgehead atoms. The molecule has 4 nitrogen and oxygen atoms in total. The summed E-state index contributed by atoms with van der Waals surface area (Å²) in [5, 5.41) is 2.63. The Hall–Kier alpha value is -1.84. The lowest BCUT2D eigenvalue weighted by atomic mass is 9.87. The monoisotopic (exact) mass is 347 g/mol. The van der Waals surface area contributed by atoms with Gasteiger partial charge in [-0.25, -0.2) is 0 Å². The first kappa shape index (κ1) is 21.2. The Kier molecular flexibility index (Phi) is 8.14. The number of carbonyl (C=O) groups is 2. The second-order valence-electron chi connectivity index (χ2n) is 8.10. The van der Waals surface area contributed by atoms with E-state index in [1.54, 1.807) is 12.1 Å². The minimum absolute atomic E-state index is 0.0462. The van der Waals surface area contributed by atoms with Crippen molar-refractivity contribution in [2.75, 3.05) is 13.2 Å². The molecule has 1 aromatic rings. The molecule has 1 rings (SSSR count). The van der Waals surface area contributed by atoms with E-state index in [2.05, 4.69) is 46.9 Å². The lowest BCUT2D eigenvalue weighted by Gasteiger charge is -2.19. The van der Waals surface area contributed by atoms with Crippen molar-refractivity contribution in [2.24, 2.45) is 11.8 Å². The quantitative estimate of drug-likeness (QED) is 0.712. The van der Waals surface area contributed by atoms with Crippen LogP contribution in [0.25, 0.3) is 0 Å². The minimum atomic E-state index is -0.387. The fourth-order valence-electron chi connectivity index (χ4n) is 2.66. The lowest BCUT2D eigenvalue weighted by Crippen LogP contribution is -2.31. The van der Waals surface area contributed by atoms with Gasteiger partial charge < -0.3 is 10.1 Å². The highest BCUT2D eigenvalue weighted by molar-refractivity contribution is 5.95. The van der Waals surface area contributed by atoms with Crippen LogP contribution in [0.4, 0.5) is 0 Å². The molecule has 25 heavy (non-hydrogen) atoms. The van der Waals surface area contributed by atoms with Gasteiger partial charge in [-0.05, 0) is 41.4 Å². The second-order valence-corrected chi connectivity index (χ2v) is 8.10. The van der Waals surface area contributed by atoms with Crippen LogP contribution in [0.5, 0.6) is 0 Å². The highest BCUT2D eigenvalue weighted by Crippen LogP contribution is 2.22. The van der Waals surface area contributed by atoms with E-state index in [0.29, 0.717) is 24.0 Å². The summed E-state index contributed by atoms with van der Waals surface area (Å²) < 4.78 is 5.29. The standard InChI is InChI=1S/C21H33NO3/c1-7-16(12-15(2)3)14-25-19(23)13-22-20(24)17-8-10-18(11-9-17)21(4,5)6/h8-11,15-16H,7,12-14H2,1-6H3,(H,22,24). The van der Waals surface area contributed by atoms with E-state index < -0.39 is 0 Å². The molecule has 0 saturated heterocycles. The van der Waals surface area contributed by atoms with Crippen molar-refractivity contribution in [3.63, 3.8) is 0 Å². The van der Waals surface area contributed by atoms with Gasteiger partial charge in [-0.3, -0.25) is 9.59 Å². The van der Waals surface area contributed by atoms with Crippen LogP contribution in [-0.4, -0.2) is 25.0 Å². The summed E-state index contributed by atoms with van der Waals surface area (Å²) in [5.74, 6) is 0.317. The van der Waals surface area contributed by atoms with Crippen molar-refractivity contribution in [1.82, 2.24) is 5.32 Å². The number of amides is 1. The summed E-state index contributed by atoms with van der Waals surface area (Å²) >= 11 is 0. The molecule has 1 N–H and O–H groups in total. The molecular formula is C21H33NO3. The largest absolute Gasteiger partial charge is 0.464 e. The molecule has 0 radical (unpaired) electrons. The van der Waals surface area contributed by atoms with Gasteiger partial charge in [0, 0.05) is 5.56 Å². The van der Waals surface area contributed by atoms with Crippen molar-refractivity contribution < 1.29 is 14.3 Å². The number of esters is 1. The van der Waals surface area contributed by atoms with Gasteiger partial charge in [0.1, 0.15) is 6.54 Å². The average Bonchev–Trinajstić information content (AvgIpc) is 2.55. The topological polar surface area (TPSA) is 55.4 Å². The highest BCUT2D eigenvalue weighted by atomic mass is 16.5. The first-order chi connectivity index (χ1) is 11.6. The summed E-state index contributed by atoms with van der Waals surface area (Å²) in [6, 6.07) is 7.48. The predicted octanol–water partition coefficient (Wildman–Crippen LogP) is 4.33. The molecule has 0 aromatic heterocycles. The van der Waals surface area contributed by atoms with E-state index in [9.17, 15) is 9.59 Å². The van der Waals surface area contributed by atoms with Crippen molar-refractivity contribution in [2.45, 2.75) is 59.8 Å². The SMILES string of the molecule is CCC(COC(=O)CNC(=O)c1ccc(C(C)(C)C)cc1)CC(C)C. The van der Waals surface area contributed by atoms with Crippen LogP contribution in [0.1, 0.15) is 70.3 Å². The number of carbonyl (C=O) groups excluding carboxylic acids is 2. The van der Waals surface area contributed by atoms with Crippen LogP contribution < -0.4 is 5.32 Å². The van der Waals surface area contributed by atoms with Crippen molar-refractivity contribution >= 4 is 11.9 Å². The number of hydrogen-bond donors (Lipinski definition) is 1. The molecule has 1 amide bonds. The van der Waals surface area contributed by atoms with Crippen LogP contribution in [0.15, 0.2) is 24.3 Å². The zero-order chi connectivity index (χ0) is 19.0. The van der Waals surface area contributed by atoms with Crippen LogP contribution in [0.2, 0.25) is 0 Å². The van der Waals surface area contributed by atoms with Gasteiger partial charge in [0.25, 0.3) is 5.91 Å². The van der Waals surface area contributed by atoms with E-state index in [1.807, 2.05) is 12.1 Å². The van der Waals surface area contributed by atoms with E-state index in [0.717, 1.165) is 12.8 Å². The van der Waals surface area contributed by atoms with Crippen LogP contribution in [-0.2, 0) is 14.9 Å². The first-order valence-electron chi connectivity index (χ1n) is 9.17. The number of nitrogens with one attached hydrogen (secondary N) is 1. The van der Waals surface area contributed by atoms with Crippen molar-refractivity contribution in [3.8, 4) is 0 Å². The summed E-state index contributed by atoms with van der Waals surface area (Å²) in [6.07, 6.45) is 2.02. The van der Waals surface area contributed by atoms with Crippen molar-refractivity contribution in [3.05, 3.63) is 35.4 Å². The summed E-state index contributed by atoms with van der Waals surface area (Å²) in [7, 11) is 0. The van der Waals surface area contributed by atoms with Crippen molar-refractivity contribution in [1.29, 1.82) is 0 Å². The molecular weight excluding hydrogens is 314 g/mol. The van der Waals surface area contributed by atoms with Gasteiger partial charge in [0.05, 0.1) is 6.61 Å². The van der Waals surface area contributed by atoms with E-state index in [1.165, 1.54) is 5.56 Å². The summed E-state index contributed by atoms with van der Waals surface area (Å²) in [6.45, 7) is 13.1. The van der Waals surface area contributed by atoms with Gasteiger partial charge in [0.2, 0.25) is 0 Å². The molecule has 140 valence electrons. The normalized spacial score (nSPS) is 12.8. The minimum Gasteiger partial charge on any atom is -0.464 e. The lowest BCUT2D eigenvalue weighted by molar-refractivity contribution is -0.144. The number of ether oxygens (including phenoxy) is 1. The Morgan fingerprint density at radius 3 is 2.20 bits per heavy atom. The zero-order valence-corrected chi connectivity index (χ0v) is 16.5. The fourth-order valence-corrected chi connectivity index (χ4v) is 2.66. The third-order valence-electron chi connectivity index (χ3n) is 4.27. The predicted molar refractivity (Wildman–Crippen MR) is 102 cm³/mol. The number of hydrogen-bond acceptors (Lipinski definition) is 3. The maximum absolute atomic E-state index is 12.1. The van der Waals surface area contributed by atoms with Gasteiger partial charge in [0.15, 0.2) is 0 Å². The first-order valence-corrected chi connectivity index (χ1v) is 9.17. The van der Waals surface area contributed by atoms with Gasteiger partial charge in [-0.15, -0.1) is 0 Å². The average molecular weight is 347 g/mol. The molecule has 0 fully saturated rings. The Balaban J connectivity index is 2.44. The van der Waals surface area contributed by atoms with E-state index in [4.69, 9.17) is 4.74 Å². The maximum atomic E-state index is 12.1. The van der Waals surface area contributed by atoms with Crippen LogP contribution >= 0.6 is 0 Å². The maximum Gasteiger partial charge on any atom is 0.325 e. The van der Waals surface area contributed by atoms with Crippen LogP contribution in [0.3, 0.4) is 0 Å². The van der Waals surface area contributed by atoms with E-state index in [-0.39, 0.29) is 23.8 Å². The van der Waals surface area contributed by atoms with Gasteiger partial charge in [-0.1, -0.05) is 60.1 Å². The fraction of sp³-hybridized carbons (Fsp3) is 0.619. The molecule has 0 aliphatic rings. The molecule has 0 saturated carbocycles. The third-order valence-corrected chi connectivity index (χ3v) is 4.27. The summed E-state index contributed by atoms with van der Waals surface area (Å²) in [5.41, 5.74) is 1.76. The zero-order valence-electron chi connectivity index (χ0n) is 16.5. The molecule has 0 spiro atoms. The van der Waals surface area contributed by atoms with Gasteiger partial charge in [-0.2, -0.15) is 0 Å². The molecule has 0 heterocycles. The molecule has 1 atom stereocenters.